The molecule has 3 heteroatoms. The molecule has 1 aromatic heterocycles. The van der Waals surface area contributed by atoms with Gasteiger partial charge in [0, 0.05) is 50.0 Å². The van der Waals surface area contributed by atoms with E-state index in [2.05, 4.69) is 253 Å². The summed E-state index contributed by atoms with van der Waals surface area (Å²) in [6.07, 6.45) is 0. The average Bonchev–Trinajstić information content (AvgIpc) is 3.66. The molecule has 290 valence electrons. The smallest absolute Gasteiger partial charge is 0.0568 e. The van der Waals surface area contributed by atoms with Gasteiger partial charge < -0.3 is 14.4 Å². The summed E-state index contributed by atoms with van der Waals surface area (Å²) < 4.78 is 2.51. The van der Waals surface area contributed by atoms with Gasteiger partial charge in [-0.1, -0.05) is 164 Å². The standard InChI is InChI=1S/C58H43N3/c1-40-20-12-18-32-51(40)59(44-24-8-4-9-25-44)53-38-55-57(49-30-16-14-28-47(49)53)58-50-31-17-15-29-48(50)54(60(45-26-10-5-11-27-45)52-33-19-13-21-41(52)2)39-56(58)61(55)46-36-34-43(35-37-46)42-22-6-3-7-23-42/h3-39H,1-2H3. The molecule has 1 heterocycles. The fraction of sp³-hybridized carbons (Fsp3) is 0.0345. The average molecular weight is 782 g/mol. The Kier molecular flexibility index (Phi) is 8.94. The van der Waals surface area contributed by atoms with E-state index in [1.165, 1.54) is 54.6 Å². The predicted octanol–water partition coefficient (Wildman–Crippen LogP) is 16.3. The van der Waals surface area contributed by atoms with Crippen molar-refractivity contribution in [3.63, 3.8) is 0 Å². The molecule has 0 fully saturated rings. The first-order valence-electron chi connectivity index (χ1n) is 21.0. The lowest BCUT2D eigenvalue weighted by atomic mass is 9.96. The quantitative estimate of drug-likeness (QED) is 0.152. The Hall–Kier alpha value is -7.88. The molecule has 0 amide bonds. The van der Waals surface area contributed by atoms with Gasteiger partial charge in [-0.05, 0) is 108 Å². The van der Waals surface area contributed by atoms with Gasteiger partial charge in [0.15, 0.2) is 0 Å². The second kappa shape index (κ2) is 15.1. The molecule has 0 radical (unpaired) electrons. The summed E-state index contributed by atoms with van der Waals surface area (Å²) in [5, 5.41) is 7.30. The fourth-order valence-corrected chi connectivity index (χ4v) is 9.37. The molecule has 11 aromatic rings. The molecule has 10 aromatic carbocycles. The lowest BCUT2D eigenvalue weighted by Gasteiger charge is -2.28. The second-order valence-corrected chi connectivity index (χ2v) is 15.8. The Morgan fingerprint density at radius 2 is 0.672 bits per heavy atom. The van der Waals surface area contributed by atoms with Gasteiger partial charge in [0.1, 0.15) is 0 Å². The van der Waals surface area contributed by atoms with Crippen molar-refractivity contribution in [1.82, 2.24) is 4.57 Å². The van der Waals surface area contributed by atoms with Crippen LogP contribution in [0.4, 0.5) is 34.1 Å². The third-order valence-corrected chi connectivity index (χ3v) is 12.2. The maximum Gasteiger partial charge on any atom is 0.0568 e. The highest BCUT2D eigenvalue weighted by Gasteiger charge is 2.26. The van der Waals surface area contributed by atoms with Crippen molar-refractivity contribution in [1.29, 1.82) is 0 Å². The highest BCUT2D eigenvalue weighted by molar-refractivity contribution is 6.32. The van der Waals surface area contributed by atoms with Gasteiger partial charge in [-0.2, -0.15) is 0 Å². The zero-order valence-corrected chi connectivity index (χ0v) is 34.2. The molecule has 0 saturated heterocycles. The Morgan fingerprint density at radius 3 is 1.11 bits per heavy atom. The van der Waals surface area contributed by atoms with Gasteiger partial charge in [0.05, 0.1) is 22.4 Å². The van der Waals surface area contributed by atoms with Gasteiger partial charge in [-0.25, -0.2) is 0 Å². The predicted molar refractivity (Wildman–Crippen MR) is 260 cm³/mol. The fourth-order valence-electron chi connectivity index (χ4n) is 9.37. The number of para-hydroxylation sites is 4. The topological polar surface area (TPSA) is 11.4 Å². The van der Waals surface area contributed by atoms with Crippen LogP contribution in [0.3, 0.4) is 0 Å². The van der Waals surface area contributed by atoms with Gasteiger partial charge in [-0.3, -0.25) is 0 Å². The van der Waals surface area contributed by atoms with Crippen LogP contribution in [0.5, 0.6) is 0 Å². The SMILES string of the molecule is Cc1ccccc1N(c1ccccc1)c1cc2c(c3ccccc13)c1c3ccccc3c(N(c3ccccc3)c3ccccc3C)cc1n2-c1ccc(-c2ccccc2)cc1. The van der Waals surface area contributed by atoms with Crippen molar-refractivity contribution in [3.05, 3.63) is 236 Å². The molecular formula is C58H43N3. The molecule has 0 aliphatic carbocycles. The summed E-state index contributed by atoms with van der Waals surface area (Å²) in [5.41, 5.74) is 15.0. The Bertz CT molecular complexity index is 3180. The minimum absolute atomic E-state index is 1.10. The Balaban J connectivity index is 1.30. The van der Waals surface area contributed by atoms with E-state index < -0.39 is 0 Å². The highest BCUT2D eigenvalue weighted by atomic mass is 15.2. The van der Waals surface area contributed by atoms with Crippen molar-refractivity contribution in [2.45, 2.75) is 13.8 Å². The van der Waals surface area contributed by atoms with Gasteiger partial charge in [-0.15, -0.1) is 0 Å². The summed E-state index contributed by atoms with van der Waals surface area (Å²) in [7, 11) is 0. The molecule has 0 N–H and O–H groups in total. The zero-order valence-electron chi connectivity index (χ0n) is 34.2. The van der Waals surface area contributed by atoms with E-state index in [0.717, 1.165) is 50.8 Å². The number of fused-ring (bicyclic) bond motifs is 7. The van der Waals surface area contributed by atoms with Crippen LogP contribution >= 0.6 is 0 Å². The van der Waals surface area contributed by atoms with E-state index in [4.69, 9.17) is 0 Å². The number of aryl methyl sites for hydroxylation is 2. The van der Waals surface area contributed by atoms with Crippen LogP contribution in [-0.2, 0) is 0 Å². The number of hydrogen-bond donors (Lipinski definition) is 0. The third kappa shape index (κ3) is 6.13. The zero-order chi connectivity index (χ0) is 40.9. The summed E-state index contributed by atoms with van der Waals surface area (Å²) in [4.78, 5) is 4.88. The maximum atomic E-state index is 2.51. The third-order valence-electron chi connectivity index (χ3n) is 12.2. The minimum Gasteiger partial charge on any atom is -0.310 e. The van der Waals surface area contributed by atoms with E-state index in [-0.39, 0.29) is 0 Å². The lowest BCUT2D eigenvalue weighted by Crippen LogP contribution is -2.12. The first kappa shape index (κ1) is 36.2. The van der Waals surface area contributed by atoms with Gasteiger partial charge in [0.2, 0.25) is 0 Å². The molecule has 0 bridgehead atoms. The van der Waals surface area contributed by atoms with Crippen molar-refractivity contribution in [2.24, 2.45) is 0 Å². The van der Waals surface area contributed by atoms with Crippen molar-refractivity contribution < 1.29 is 0 Å². The van der Waals surface area contributed by atoms with Gasteiger partial charge >= 0.3 is 0 Å². The van der Waals surface area contributed by atoms with Crippen LogP contribution in [0.25, 0.3) is 60.2 Å². The highest BCUT2D eigenvalue weighted by Crippen LogP contribution is 2.50. The van der Waals surface area contributed by atoms with Crippen molar-refractivity contribution >= 4 is 77.5 Å². The van der Waals surface area contributed by atoms with Crippen LogP contribution < -0.4 is 9.80 Å². The minimum atomic E-state index is 1.10. The van der Waals surface area contributed by atoms with Gasteiger partial charge in [0.25, 0.3) is 0 Å². The van der Waals surface area contributed by atoms with E-state index >= 15 is 0 Å². The van der Waals surface area contributed by atoms with Crippen LogP contribution in [0.2, 0.25) is 0 Å². The molecule has 0 spiro atoms. The van der Waals surface area contributed by atoms with E-state index in [1.54, 1.807) is 0 Å². The number of aromatic nitrogens is 1. The summed E-state index contributed by atoms with van der Waals surface area (Å²) in [6.45, 7) is 4.41. The molecule has 0 aliphatic heterocycles. The first-order chi connectivity index (χ1) is 30.1. The van der Waals surface area contributed by atoms with Crippen LogP contribution in [0.15, 0.2) is 224 Å². The lowest BCUT2D eigenvalue weighted by molar-refractivity contribution is 1.17. The Morgan fingerprint density at radius 1 is 0.311 bits per heavy atom. The van der Waals surface area contributed by atoms with Crippen molar-refractivity contribution in [3.8, 4) is 16.8 Å². The summed E-state index contributed by atoms with van der Waals surface area (Å²) >= 11 is 0. The number of rotatable bonds is 8. The van der Waals surface area contributed by atoms with E-state index in [0.29, 0.717) is 0 Å². The molecule has 11 rings (SSSR count). The van der Waals surface area contributed by atoms with E-state index in [9.17, 15) is 0 Å². The number of hydrogen-bond acceptors (Lipinski definition) is 2. The first-order valence-corrected chi connectivity index (χ1v) is 21.0. The number of nitrogens with zero attached hydrogens (tertiary/aromatic N) is 3. The molecule has 61 heavy (non-hydrogen) atoms. The maximum absolute atomic E-state index is 2.51. The summed E-state index contributed by atoms with van der Waals surface area (Å²) in [6, 6.07) is 81.6. The normalized spacial score (nSPS) is 11.4. The number of anilines is 6. The second-order valence-electron chi connectivity index (χ2n) is 15.8. The molecule has 0 saturated carbocycles. The Labute approximate surface area is 356 Å². The number of benzene rings is 10. The van der Waals surface area contributed by atoms with Crippen LogP contribution in [0, 0.1) is 13.8 Å². The monoisotopic (exact) mass is 781 g/mol. The molecule has 3 nitrogen and oxygen atoms in total. The molecule has 0 atom stereocenters. The van der Waals surface area contributed by atoms with E-state index in [1.807, 2.05) is 0 Å². The summed E-state index contributed by atoms with van der Waals surface area (Å²) in [5.74, 6) is 0. The van der Waals surface area contributed by atoms with Crippen molar-refractivity contribution in [2.75, 3.05) is 9.80 Å². The van der Waals surface area contributed by atoms with Crippen LogP contribution in [0.1, 0.15) is 11.1 Å². The molecule has 0 aliphatic rings. The van der Waals surface area contributed by atoms with Crippen LogP contribution in [-0.4, -0.2) is 4.57 Å². The molecule has 0 unspecified atom stereocenters. The largest absolute Gasteiger partial charge is 0.310 e. The molecular weight excluding hydrogens is 739 g/mol.